The first-order chi connectivity index (χ1) is 9.25. The second-order valence-electron chi connectivity index (χ2n) is 7.70. The Hall–Kier alpha value is -0.780. The van der Waals surface area contributed by atoms with E-state index in [1.807, 2.05) is 0 Å². The summed E-state index contributed by atoms with van der Waals surface area (Å²) in [6.07, 6.45) is 0. The molecule has 0 N–H and O–H groups in total. The molecule has 1 rings (SSSR count). The fourth-order valence-corrected chi connectivity index (χ4v) is 4.05. The summed E-state index contributed by atoms with van der Waals surface area (Å²) in [7, 11) is 0. The van der Waals surface area contributed by atoms with Crippen LogP contribution in [0.5, 0.6) is 0 Å². The first-order valence-corrected chi connectivity index (χ1v) is 8.35. The number of benzene rings is 1. The minimum Gasteiger partial charge on any atom is -0.0622 e. The Morgan fingerprint density at radius 2 is 0.850 bits per heavy atom. The minimum atomic E-state index is 0.662. The van der Waals surface area contributed by atoms with Crippen LogP contribution in [-0.2, 0) is 0 Å². The molecule has 0 unspecified atom stereocenters. The van der Waals surface area contributed by atoms with E-state index in [2.05, 4.69) is 79.7 Å². The molecule has 0 amide bonds. The summed E-state index contributed by atoms with van der Waals surface area (Å²) in [5.74, 6) is 4.11. The molecule has 0 atom stereocenters. The van der Waals surface area contributed by atoms with Gasteiger partial charge < -0.3 is 0 Å². The summed E-state index contributed by atoms with van der Waals surface area (Å²) >= 11 is 0. The molecular weight excluding hydrogens is 240 g/mol. The van der Waals surface area contributed by atoms with Crippen molar-refractivity contribution in [1.82, 2.24) is 0 Å². The summed E-state index contributed by atoms with van der Waals surface area (Å²) in [5.41, 5.74) is 3.05. The lowest BCUT2D eigenvalue weighted by Crippen LogP contribution is -2.16. The van der Waals surface area contributed by atoms with Crippen molar-refractivity contribution in [2.75, 3.05) is 0 Å². The van der Waals surface area contributed by atoms with Gasteiger partial charge in [0.1, 0.15) is 0 Å². The third-order valence-electron chi connectivity index (χ3n) is 4.55. The Balaban J connectivity index is 3.17. The lowest BCUT2D eigenvalue weighted by molar-refractivity contribution is 0.378. The summed E-state index contributed by atoms with van der Waals surface area (Å²) < 4.78 is 0. The van der Waals surface area contributed by atoms with Crippen LogP contribution in [0.2, 0.25) is 0 Å². The van der Waals surface area contributed by atoms with Crippen LogP contribution in [0.25, 0.3) is 0 Å². The van der Waals surface area contributed by atoms with E-state index in [0.29, 0.717) is 35.5 Å². The van der Waals surface area contributed by atoms with Crippen molar-refractivity contribution < 1.29 is 0 Å². The standard InChI is InChI=1S/C20H34/c1-13(2)19(14(3)4)17-10-9-11-18(12-17)20(15(5)6)16(7)8/h9-16,19-20H,1-8H3. The van der Waals surface area contributed by atoms with Crippen molar-refractivity contribution in [3.63, 3.8) is 0 Å². The van der Waals surface area contributed by atoms with E-state index in [1.54, 1.807) is 0 Å². The Kier molecular flexibility index (Phi) is 6.30. The summed E-state index contributed by atoms with van der Waals surface area (Å²) in [5, 5.41) is 0. The quantitative estimate of drug-likeness (QED) is 0.557. The SMILES string of the molecule is CC(C)C(c1cccc(C(C(C)C)C(C)C)c1)C(C)C. The van der Waals surface area contributed by atoms with E-state index in [9.17, 15) is 0 Å². The molecule has 0 saturated carbocycles. The summed E-state index contributed by atoms with van der Waals surface area (Å²) in [6.45, 7) is 18.8. The van der Waals surface area contributed by atoms with Crippen LogP contribution in [-0.4, -0.2) is 0 Å². The van der Waals surface area contributed by atoms with Crippen LogP contribution in [0.3, 0.4) is 0 Å². The second kappa shape index (κ2) is 7.29. The number of hydrogen-bond donors (Lipinski definition) is 0. The monoisotopic (exact) mass is 274 g/mol. The van der Waals surface area contributed by atoms with E-state index in [1.165, 1.54) is 11.1 Å². The maximum absolute atomic E-state index is 2.48. The van der Waals surface area contributed by atoms with Gasteiger partial charge in [-0.1, -0.05) is 79.7 Å². The average molecular weight is 274 g/mol. The van der Waals surface area contributed by atoms with Gasteiger partial charge in [0.15, 0.2) is 0 Å². The third-order valence-corrected chi connectivity index (χ3v) is 4.55. The maximum atomic E-state index is 2.48. The molecule has 1 aromatic carbocycles. The summed E-state index contributed by atoms with van der Waals surface area (Å²) in [4.78, 5) is 0. The molecule has 20 heavy (non-hydrogen) atoms. The summed E-state index contributed by atoms with van der Waals surface area (Å²) in [6, 6.07) is 9.40. The van der Waals surface area contributed by atoms with Crippen LogP contribution in [0.4, 0.5) is 0 Å². The van der Waals surface area contributed by atoms with Gasteiger partial charge in [0.25, 0.3) is 0 Å². The van der Waals surface area contributed by atoms with E-state index < -0.39 is 0 Å². The minimum absolute atomic E-state index is 0.662. The van der Waals surface area contributed by atoms with Crippen LogP contribution in [0.1, 0.15) is 78.4 Å². The number of hydrogen-bond acceptors (Lipinski definition) is 0. The van der Waals surface area contributed by atoms with E-state index in [-0.39, 0.29) is 0 Å². The molecular formula is C20H34. The Morgan fingerprint density at radius 3 is 1.10 bits per heavy atom. The topological polar surface area (TPSA) is 0 Å². The van der Waals surface area contributed by atoms with Crippen LogP contribution in [0, 0.1) is 23.7 Å². The molecule has 0 nitrogen and oxygen atoms in total. The van der Waals surface area contributed by atoms with Crippen molar-refractivity contribution in [3.05, 3.63) is 35.4 Å². The van der Waals surface area contributed by atoms with Gasteiger partial charge in [0.2, 0.25) is 0 Å². The van der Waals surface area contributed by atoms with Crippen molar-refractivity contribution in [2.45, 2.75) is 67.2 Å². The molecule has 1 aromatic rings. The normalized spacial score (nSPS) is 12.7. The van der Waals surface area contributed by atoms with Crippen LogP contribution < -0.4 is 0 Å². The van der Waals surface area contributed by atoms with Crippen molar-refractivity contribution in [2.24, 2.45) is 23.7 Å². The highest BCUT2D eigenvalue weighted by molar-refractivity contribution is 5.30. The zero-order valence-corrected chi connectivity index (χ0v) is 14.8. The Labute approximate surface area is 127 Å². The largest absolute Gasteiger partial charge is 0.0622 e. The highest BCUT2D eigenvalue weighted by Gasteiger charge is 2.23. The Morgan fingerprint density at radius 1 is 0.550 bits per heavy atom. The van der Waals surface area contributed by atoms with Gasteiger partial charge in [-0.2, -0.15) is 0 Å². The van der Waals surface area contributed by atoms with E-state index in [0.717, 1.165) is 0 Å². The fourth-order valence-electron chi connectivity index (χ4n) is 4.05. The average Bonchev–Trinajstić information content (AvgIpc) is 2.27. The van der Waals surface area contributed by atoms with Gasteiger partial charge in [0.05, 0.1) is 0 Å². The van der Waals surface area contributed by atoms with Gasteiger partial charge in [-0.15, -0.1) is 0 Å². The smallest absolute Gasteiger partial charge is 0.0116 e. The predicted molar refractivity (Wildman–Crippen MR) is 91.3 cm³/mol. The second-order valence-corrected chi connectivity index (χ2v) is 7.70. The molecule has 0 heteroatoms. The first-order valence-electron chi connectivity index (χ1n) is 8.35. The van der Waals surface area contributed by atoms with Gasteiger partial charge in [-0.3, -0.25) is 0 Å². The molecule has 0 aromatic heterocycles. The van der Waals surface area contributed by atoms with Crippen LogP contribution >= 0.6 is 0 Å². The molecule has 0 heterocycles. The zero-order chi connectivity index (χ0) is 15.4. The van der Waals surface area contributed by atoms with Gasteiger partial charge in [0, 0.05) is 0 Å². The molecule has 0 aliphatic heterocycles. The van der Waals surface area contributed by atoms with Crippen molar-refractivity contribution in [3.8, 4) is 0 Å². The molecule has 0 fully saturated rings. The molecule has 0 spiro atoms. The third kappa shape index (κ3) is 4.11. The lowest BCUT2D eigenvalue weighted by Gasteiger charge is -2.29. The highest BCUT2D eigenvalue weighted by Crippen LogP contribution is 2.36. The van der Waals surface area contributed by atoms with Crippen molar-refractivity contribution >= 4 is 0 Å². The number of rotatable bonds is 6. The van der Waals surface area contributed by atoms with Gasteiger partial charge in [-0.25, -0.2) is 0 Å². The molecule has 0 radical (unpaired) electrons. The lowest BCUT2D eigenvalue weighted by atomic mass is 9.76. The molecule has 0 aliphatic carbocycles. The van der Waals surface area contributed by atoms with Gasteiger partial charge >= 0.3 is 0 Å². The Bertz CT molecular complexity index is 347. The molecule has 0 aliphatic rings. The fraction of sp³-hybridized carbons (Fsp3) is 0.700. The zero-order valence-electron chi connectivity index (χ0n) is 14.8. The predicted octanol–water partition coefficient (Wildman–Crippen LogP) is 6.48. The van der Waals surface area contributed by atoms with E-state index in [4.69, 9.17) is 0 Å². The molecule has 0 bridgehead atoms. The van der Waals surface area contributed by atoms with E-state index >= 15 is 0 Å². The van der Waals surface area contributed by atoms with Crippen molar-refractivity contribution in [1.29, 1.82) is 0 Å². The first kappa shape index (κ1) is 17.3. The molecule has 114 valence electrons. The highest BCUT2D eigenvalue weighted by atomic mass is 14.3. The van der Waals surface area contributed by atoms with Crippen LogP contribution in [0.15, 0.2) is 24.3 Å². The molecule has 0 saturated heterocycles. The maximum Gasteiger partial charge on any atom is -0.0116 e. The van der Waals surface area contributed by atoms with Gasteiger partial charge in [-0.05, 0) is 46.6 Å².